The van der Waals surface area contributed by atoms with Crippen LogP contribution in [0, 0.1) is 11.8 Å². The molecule has 3 nitrogen and oxygen atoms in total. The molecule has 4 rings (SSSR count). The van der Waals surface area contributed by atoms with Gasteiger partial charge >= 0.3 is 5.97 Å². The first-order valence-electron chi connectivity index (χ1n) is 11.3. The Labute approximate surface area is 196 Å². The Morgan fingerprint density at radius 3 is 2.30 bits per heavy atom. The lowest BCUT2D eigenvalue weighted by Crippen LogP contribution is -2.22. The van der Waals surface area contributed by atoms with Crippen molar-refractivity contribution in [2.75, 3.05) is 6.61 Å². The van der Waals surface area contributed by atoms with E-state index in [1.165, 1.54) is 22.3 Å². The lowest BCUT2D eigenvalue weighted by molar-refractivity contribution is 0.0526. The topological polar surface area (TPSA) is 52.3 Å². The number of nitrogens with two attached hydrogens (primary N) is 1. The first-order chi connectivity index (χ1) is 15.9. The molecule has 0 heterocycles. The van der Waals surface area contributed by atoms with Crippen molar-refractivity contribution in [2.45, 2.75) is 39.2 Å². The molecule has 2 N–H and O–H groups in total. The van der Waals surface area contributed by atoms with Crippen molar-refractivity contribution < 1.29 is 9.53 Å². The van der Waals surface area contributed by atoms with E-state index in [2.05, 4.69) is 74.2 Å². The van der Waals surface area contributed by atoms with Gasteiger partial charge in [-0.2, -0.15) is 0 Å². The van der Waals surface area contributed by atoms with E-state index in [0.717, 1.165) is 23.1 Å². The minimum absolute atomic E-state index is 0.0743. The number of hydrogen-bond donors (Lipinski definition) is 1. The summed E-state index contributed by atoms with van der Waals surface area (Å²) in [4.78, 5) is 11.8. The van der Waals surface area contributed by atoms with Gasteiger partial charge in [-0.15, -0.1) is 0 Å². The van der Waals surface area contributed by atoms with Crippen LogP contribution < -0.4 is 5.73 Å². The van der Waals surface area contributed by atoms with E-state index < -0.39 is 0 Å². The molecule has 3 heteroatoms. The molecule has 0 radical (unpaired) electrons. The molecular formula is C30H29NO2. The zero-order valence-electron chi connectivity index (χ0n) is 19.4. The number of hydrogen-bond acceptors (Lipinski definition) is 3. The van der Waals surface area contributed by atoms with Crippen molar-refractivity contribution in [2.24, 2.45) is 5.73 Å². The predicted octanol–water partition coefficient (Wildman–Crippen LogP) is 5.83. The van der Waals surface area contributed by atoms with E-state index in [9.17, 15) is 4.79 Å². The molecule has 0 aromatic heterocycles. The summed E-state index contributed by atoms with van der Waals surface area (Å²) in [5.41, 5.74) is 14.3. The summed E-state index contributed by atoms with van der Waals surface area (Å²) in [7, 11) is 0. The minimum atomic E-state index is -0.312. The number of carbonyl (C=O) groups is 1. The van der Waals surface area contributed by atoms with E-state index in [0.29, 0.717) is 18.7 Å². The largest absolute Gasteiger partial charge is 0.462 e. The summed E-state index contributed by atoms with van der Waals surface area (Å²) in [6, 6.07) is 22.2. The van der Waals surface area contributed by atoms with E-state index in [1.54, 1.807) is 19.1 Å². The summed E-state index contributed by atoms with van der Waals surface area (Å²) < 4.78 is 5.04. The van der Waals surface area contributed by atoms with Crippen LogP contribution in [-0.4, -0.2) is 12.6 Å². The second kappa shape index (κ2) is 9.48. The summed E-state index contributed by atoms with van der Waals surface area (Å²) in [5.74, 6) is 6.20. The summed E-state index contributed by atoms with van der Waals surface area (Å²) in [6.45, 7) is 7.28. The Balaban J connectivity index is 1.65. The number of carbonyl (C=O) groups excluding carboxylic acids is 1. The summed E-state index contributed by atoms with van der Waals surface area (Å²) in [5, 5.41) is 0. The zero-order valence-corrected chi connectivity index (χ0v) is 19.4. The molecule has 0 amide bonds. The molecule has 33 heavy (non-hydrogen) atoms. The molecule has 1 aliphatic carbocycles. The van der Waals surface area contributed by atoms with Gasteiger partial charge in [0.25, 0.3) is 0 Å². The smallest absolute Gasteiger partial charge is 0.338 e. The maximum absolute atomic E-state index is 11.8. The second-order valence-electron chi connectivity index (χ2n) is 8.92. The molecule has 3 aromatic rings. The highest BCUT2D eigenvalue weighted by Gasteiger charge is 2.28. The molecular weight excluding hydrogens is 406 g/mol. The zero-order chi connectivity index (χ0) is 23.4. The van der Waals surface area contributed by atoms with E-state index in [4.69, 9.17) is 10.5 Å². The van der Waals surface area contributed by atoms with Gasteiger partial charge in [-0.1, -0.05) is 62.1 Å². The average molecular weight is 436 g/mol. The molecule has 0 saturated heterocycles. The Hall–Kier alpha value is -3.61. The van der Waals surface area contributed by atoms with Gasteiger partial charge in [0.15, 0.2) is 0 Å². The van der Waals surface area contributed by atoms with Crippen LogP contribution in [0.2, 0.25) is 0 Å². The van der Waals surface area contributed by atoms with Crippen molar-refractivity contribution in [1.82, 2.24) is 0 Å². The lowest BCUT2D eigenvalue weighted by Gasteiger charge is -2.32. The lowest BCUT2D eigenvalue weighted by atomic mass is 9.72. The van der Waals surface area contributed by atoms with Crippen LogP contribution in [-0.2, 0) is 16.7 Å². The van der Waals surface area contributed by atoms with Crippen LogP contribution >= 0.6 is 0 Å². The molecule has 0 fully saturated rings. The van der Waals surface area contributed by atoms with Crippen molar-refractivity contribution >= 4 is 11.5 Å². The fraction of sp³-hybridized carbons (Fsp3) is 0.233. The van der Waals surface area contributed by atoms with Gasteiger partial charge in [0, 0.05) is 17.7 Å². The molecule has 0 bridgehead atoms. The highest BCUT2D eigenvalue weighted by Crippen LogP contribution is 2.41. The second-order valence-corrected chi connectivity index (χ2v) is 8.92. The van der Waals surface area contributed by atoms with Gasteiger partial charge in [-0.05, 0) is 83.0 Å². The normalized spacial score (nSPS) is 13.9. The average Bonchev–Trinajstić information content (AvgIpc) is 2.83. The highest BCUT2D eigenvalue weighted by atomic mass is 16.5. The van der Waals surface area contributed by atoms with Crippen molar-refractivity contribution in [3.63, 3.8) is 0 Å². The molecule has 0 atom stereocenters. The molecule has 1 aliphatic rings. The number of rotatable bonds is 4. The molecule has 0 unspecified atom stereocenters. The molecule has 3 aromatic carbocycles. The minimum Gasteiger partial charge on any atom is -0.462 e. The Morgan fingerprint density at radius 1 is 0.970 bits per heavy atom. The first-order valence-corrected chi connectivity index (χ1v) is 11.3. The van der Waals surface area contributed by atoms with Gasteiger partial charge in [0.1, 0.15) is 0 Å². The summed E-state index contributed by atoms with van der Waals surface area (Å²) in [6.07, 6.45) is 3.33. The van der Waals surface area contributed by atoms with Crippen molar-refractivity contribution in [3.8, 4) is 11.8 Å². The van der Waals surface area contributed by atoms with Gasteiger partial charge in [0.2, 0.25) is 0 Å². The first kappa shape index (κ1) is 22.6. The molecule has 0 saturated carbocycles. The van der Waals surface area contributed by atoms with E-state index in [-0.39, 0.29) is 11.4 Å². The Kier molecular flexibility index (Phi) is 6.49. The van der Waals surface area contributed by atoms with Crippen LogP contribution in [0.3, 0.4) is 0 Å². The standard InChI is InChI=1S/C30H29NO2/c1-4-33-29(32)25-14-7-21(8-15-25)5-6-22-11-16-28-27(19-22)26(17-18-30(28,2)3)24-12-9-23(20-31)10-13-24/h7-17,19H,4,18,20,31H2,1-3H3. The number of ether oxygens (including phenoxy) is 1. The van der Waals surface area contributed by atoms with Crippen LogP contribution in [0.25, 0.3) is 5.57 Å². The predicted molar refractivity (Wildman–Crippen MR) is 134 cm³/mol. The quantitative estimate of drug-likeness (QED) is 0.414. The third-order valence-electron chi connectivity index (χ3n) is 6.10. The van der Waals surface area contributed by atoms with Gasteiger partial charge in [-0.3, -0.25) is 0 Å². The highest BCUT2D eigenvalue weighted by molar-refractivity contribution is 5.89. The third kappa shape index (κ3) is 4.92. The van der Waals surface area contributed by atoms with Crippen LogP contribution in [0.15, 0.2) is 72.8 Å². The number of benzene rings is 3. The SMILES string of the molecule is CCOC(=O)c1ccc(C#Cc2ccc3c(c2)C(c2ccc(CN)cc2)=CCC3(C)C)cc1. The number of allylic oxidation sites excluding steroid dienone is 1. The summed E-state index contributed by atoms with van der Waals surface area (Å²) >= 11 is 0. The molecule has 0 aliphatic heterocycles. The fourth-order valence-corrected chi connectivity index (χ4v) is 4.15. The Bertz CT molecular complexity index is 1250. The molecule has 166 valence electrons. The maximum Gasteiger partial charge on any atom is 0.338 e. The van der Waals surface area contributed by atoms with Gasteiger partial charge < -0.3 is 10.5 Å². The van der Waals surface area contributed by atoms with Crippen LogP contribution in [0.1, 0.15) is 70.9 Å². The number of esters is 1. The third-order valence-corrected chi connectivity index (χ3v) is 6.10. The fourth-order valence-electron chi connectivity index (χ4n) is 4.15. The van der Waals surface area contributed by atoms with Crippen molar-refractivity contribution in [1.29, 1.82) is 0 Å². The van der Waals surface area contributed by atoms with Crippen LogP contribution in [0.4, 0.5) is 0 Å². The van der Waals surface area contributed by atoms with E-state index in [1.807, 2.05) is 12.1 Å². The Morgan fingerprint density at radius 2 is 1.64 bits per heavy atom. The van der Waals surface area contributed by atoms with E-state index >= 15 is 0 Å². The number of fused-ring (bicyclic) bond motifs is 1. The van der Waals surface area contributed by atoms with Crippen molar-refractivity contribution in [3.05, 3.63) is 112 Å². The van der Waals surface area contributed by atoms with Crippen LogP contribution in [0.5, 0.6) is 0 Å². The van der Waals surface area contributed by atoms with Gasteiger partial charge in [0.05, 0.1) is 12.2 Å². The van der Waals surface area contributed by atoms with Gasteiger partial charge in [-0.25, -0.2) is 4.79 Å². The monoisotopic (exact) mass is 435 g/mol. The molecule has 0 spiro atoms. The maximum atomic E-state index is 11.8.